The summed E-state index contributed by atoms with van der Waals surface area (Å²) in [7, 11) is -5.99. The third kappa shape index (κ3) is 7.04. The molecule has 0 saturated carbocycles. The number of nitrogens with zero attached hydrogens (tertiary/aromatic N) is 1. The van der Waals surface area contributed by atoms with E-state index < -0.39 is 36.2 Å². The second-order valence-electron chi connectivity index (χ2n) is 11.1. The van der Waals surface area contributed by atoms with Gasteiger partial charge in [-0.2, -0.15) is 8.42 Å². The minimum Gasteiger partial charge on any atom is -0.444 e. The summed E-state index contributed by atoms with van der Waals surface area (Å²) in [6, 6.07) is 6.20. The van der Waals surface area contributed by atoms with E-state index in [1.807, 2.05) is 6.92 Å². The van der Waals surface area contributed by atoms with Gasteiger partial charge >= 0.3 is 6.09 Å². The highest BCUT2D eigenvalue weighted by Gasteiger charge is 2.43. The van der Waals surface area contributed by atoms with E-state index in [0.717, 1.165) is 5.56 Å². The number of likely N-dealkylation sites (tertiary alicyclic amines) is 1. The van der Waals surface area contributed by atoms with Crippen LogP contribution in [0.2, 0.25) is 18.1 Å². The van der Waals surface area contributed by atoms with E-state index in [-0.39, 0.29) is 22.5 Å². The monoisotopic (exact) mass is 485 g/mol. The first-order valence-corrected chi connectivity index (χ1v) is 15.4. The second-order valence-corrected chi connectivity index (χ2v) is 17.5. The Hall–Kier alpha value is -1.42. The number of hydrogen-bond donors (Lipinski definition) is 0. The van der Waals surface area contributed by atoms with Gasteiger partial charge in [0.1, 0.15) is 5.60 Å². The van der Waals surface area contributed by atoms with Crippen LogP contribution in [0.3, 0.4) is 0 Å². The van der Waals surface area contributed by atoms with Crippen molar-refractivity contribution in [2.24, 2.45) is 0 Å². The Balaban J connectivity index is 2.19. The van der Waals surface area contributed by atoms with Crippen LogP contribution in [-0.4, -0.2) is 58.6 Å². The van der Waals surface area contributed by atoms with Crippen LogP contribution < -0.4 is 0 Å². The molecule has 32 heavy (non-hydrogen) atoms. The fourth-order valence-electron chi connectivity index (χ4n) is 3.11. The molecule has 1 aliphatic rings. The van der Waals surface area contributed by atoms with E-state index in [9.17, 15) is 13.2 Å². The molecule has 1 aliphatic heterocycles. The molecule has 0 N–H and O–H groups in total. The highest BCUT2D eigenvalue weighted by atomic mass is 32.2. The van der Waals surface area contributed by atoms with E-state index in [2.05, 4.69) is 33.9 Å². The van der Waals surface area contributed by atoms with E-state index in [0.29, 0.717) is 13.0 Å². The molecule has 0 aromatic heterocycles. The minimum absolute atomic E-state index is 0.0209. The van der Waals surface area contributed by atoms with Crippen molar-refractivity contribution in [3.63, 3.8) is 0 Å². The van der Waals surface area contributed by atoms with Gasteiger partial charge in [0.25, 0.3) is 10.1 Å². The smallest absolute Gasteiger partial charge is 0.410 e. The maximum Gasteiger partial charge on any atom is 0.410 e. The maximum absolute atomic E-state index is 12.9. The molecule has 0 spiro atoms. The predicted octanol–water partition coefficient (Wildman–Crippen LogP) is 5.10. The maximum atomic E-state index is 12.9. The van der Waals surface area contributed by atoms with Crippen LogP contribution in [0.25, 0.3) is 0 Å². The molecular formula is C23H39NO6SSi. The Labute approximate surface area is 194 Å². The molecule has 2 atom stereocenters. The van der Waals surface area contributed by atoms with Gasteiger partial charge in [-0.25, -0.2) is 4.79 Å². The van der Waals surface area contributed by atoms with Gasteiger partial charge in [0.05, 0.1) is 30.2 Å². The van der Waals surface area contributed by atoms with Gasteiger partial charge in [0.15, 0.2) is 8.32 Å². The van der Waals surface area contributed by atoms with Crippen LogP contribution in [0.1, 0.15) is 53.5 Å². The molecule has 0 unspecified atom stereocenters. The lowest BCUT2D eigenvalue weighted by molar-refractivity contribution is 0.0171. The summed E-state index contributed by atoms with van der Waals surface area (Å²) in [6.45, 7) is 18.5. The number of carbonyl (C=O) groups excluding carboxylic acids is 1. The number of aryl methyl sites for hydroxylation is 1. The molecule has 1 fully saturated rings. The fourth-order valence-corrected chi connectivity index (χ4v) is 5.23. The first kappa shape index (κ1) is 26.8. The van der Waals surface area contributed by atoms with Gasteiger partial charge < -0.3 is 14.1 Å². The highest BCUT2D eigenvalue weighted by Crippen LogP contribution is 2.37. The third-order valence-electron chi connectivity index (χ3n) is 6.02. The summed E-state index contributed by atoms with van der Waals surface area (Å²) in [5, 5.41) is 0.0209. The first-order valence-electron chi connectivity index (χ1n) is 11.0. The SMILES string of the molecule is Cc1ccc(S(=O)(=O)O[C@@H]2C[C@@H](CO[Si](C)(C)C(C)(C)C)N(C(=O)OC(C)(C)C)C2)cc1. The van der Waals surface area contributed by atoms with Crippen molar-refractivity contribution in [1.82, 2.24) is 4.90 Å². The van der Waals surface area contributed by atoms with E-state index in [1.165, 1.54) is 12.1 Å². The summed E-state index contributed by atoms with van der Waals surface area (Å²) in [4.78, 5) is 14.5. The molecule has 1 aromatic rings. The van der Waals surface area contributed by atoms with E-state index >= 15 is 0 Å². The zero-order valence-corrected chi connectivity index (χ0v) is 22.7. The van der Waals surface area contributed by atoms with Gasteiger partial charge in [0, 0.05) is 0 Å². The zero-order valence-electron chi connectivity index (χ0n) is 20.9. The largest absolute Gasteiger partial charge is 0.444 e. The fraction of sp³-hybridized carbons (Fsp3) is 0.696. The number of hydrogen-bond acceptors (Lipinski definition) is 6. The zero-order chi connectivity index (χ0) is 24.5. The average Bonchev–Trinajstić information content (AvgIpc) is 3.00. The Kier molecular flexibility index (Phi) is 7.92. The second kappa shape index (κ2) is 9.44. The van der Waals surface area contributed by atoms with Crippen LogP contribution in [-0.2, 0) is 23.5 Å². The predicted molar refractivity (Wildman–Crippen MR) is 128 cm³/mol. The average molecular weight is 486 g/mol. The summed E-state index contributed by atoms with van der Waals surface area (Å²) >= 11 is 0. The van der Waals surface area contributed by atoms with E-state index in [4.69, 9.17) is 13.3 Å². The lowest BCUT2D eigenvalue weighted by atomic mass is 10.2. The van der Waals surface area contributed by atoms with Gasteiger partial charge in [-0.05, 0) is 64.4 Å². The molecule has 9 heteroatoms. The van der Waals surface area contributed by atoms with Crippen LogP contribution in [0.15, 0.2) is 29.2 Å². The topological polar surface area (TPSA) is 82.1 Å². The molecule has 1 saturated heterocycles. The Morgan fingerprint density at radius 2 is 1.66 bits per heavy atom. The Bertz CT molecular complexity index is 900. The van der Waals surface area contributed by atoms with Gasteiger partial charge in [-0.3, -0.25) is 4.18 Å². The molecule has 1 aromatic carbocycles. The highest BCUT2D eigenvalue weighted by molar-refractivity contribution is 7.86. The van der Waals surface area contributed by atoms with Crippen molar-refractivity contribution in [1.29, 1.82) is 0 Å². The van der Waals surface area contributed by atoms with Crippen molar-refractivity contribution in [3.8, 4) is 0 Å². The number of rotatable bonds is 6. The molecule has 0 aliphatic carbocycles. The van der Waals surface area contributed by atoms with Crippen molar-refractivity contribution in [2.45, 2.75) is 95.7 Å². The number of carbonyl (C=O) groups is 1. The normalized spacial score (nSPS) is 20.5. The lowest BCUT2D eigenvalue weighted by Crippen LogP contribution is -2.46. The lowest BCUT2D eigenvalue weighted by Gasteiger charge is -2.38. The van der Waals surface area contributed by atoms with Crippen LogP contribution in [0, 0.1) is 6.92 Å². The van der Waals surface area contributed by atoms with Crippen molar-refractivity contribution < 1.29 is 26.6 Å². The van der Waals surface area contributed by atoms with Gasteiger partial charge in [-0.15, -0.1) is 0 Å². The first-order chi connectivity index (χ1) is 14.4. The van der Waals surface area contributed by atoms with Crippen LogP contribution >= 0.6 is 0 Å². The molecule has 0 bridgehead atoms. The van der Waals surface area contributed by atoms with Crippen molar-refractivity contribution in [3.05, 3.63) is 29.8 Å². The standard InChI is InChI=1S/C23H39NO6SSi/c1-17-10-12-20(13-11-17)31(26,27)30-19-14-18(16-28-32(8,9)23(5,6)7)24(15-19)21(25)29-22(2,3)4/h10-13,18-19H,14-16H2,1-9H3/t18-,19+/m0/s1. The Morgan fingerprint density at radius 3 is 2.16 bits per heavy atom. The summed E-state index contributed by atoms with van der Waals surface area (Å²) in [5.41, 5.74) is 0.304. The molecule has 1 amide bonds. The van der Waals surface area contributed by atoms with Gasteiger partial charge in [0.2, 0.25) is 0 Å². The number of benzene rings is 1. The van der Waals surface area contributed by atoms with Crippen LogP contribution in [0.4, 0.5) is 4.79 Å². The summed E-state index contributed by atoms with van der Waals surface area (Å²) in [5.74, 6) is 0. The summed E-state index contributed by atoms with van der Waals surface area (Å²) < 4.78 is 43.0. The minimum atomic E-state index is -3.95. The van der Waals surface area contributed by atoms with Crippen molar-refractivity contribution >= 4 is 24.5 Å². The van der Waals surface area contributed by atoms with Crippen molar-refractivity contribution in [2.75, 3.05) is 13.2 Å². The van der Waals surface area contributed by atoms with E-state index in [1.54, 1.807) is 37.8 Å². The third-order valence-corrected chi connectivity index (χ3v) is 11.9. The molecule has 2 rings (SSSR count). The quantitative estimate of drug-likeness (QED) is 0.412. The molecular weight excluding hydrogens is 446 g/mol. The number of amides is 1. The number of ether oxygens (including phenoxy) is 1. The van der Waals surface area contributed by atoms with Crippen LogP contribution in [0.5, 0.6) is 0 Å². The Morgan fingerprint density at radius 1 is 1.09 bits per heavy atom. The molecule has 7 nitrogen and oxygen atoms in total. The van der Waals surface area contributed by atoms with Gasteiger partial charge in [-0.1, -0.05) is 38.5 Å². The summed E-state index contributed by atoms with van der Waals surface area (Å²) in [6.07, 6.45) is -0.791. The molecule has 0 radical (unpaired) electrons. The molecule has 182 valence electrons. The molecule has 1 heterocycles.